The summed E-state index contributed by atoms with van der Waals surface area (Å²) in [5, 5.41) is 16.2. The van der Waals surface area contributed by atoms with Gasteiger partial charge >= 0.3 is 5.97 Å². The fourth-order valence-corrected chi connectivity index (χ4v) is 2.78. The van der Waals surface area contributed by atoms with Gasteiger partial charge in [-0.05, 0) is 25.0 Å². The number of carboxylic acids is 1. The number of carbonyl (C=O) groups excluding carboxylic acids is 1. The second kappa shape index (κ2) is 5.31. The molecular weight excluding hydrogens is 294 g/mol. The molecule has 1 fully saturated rings. The number of rotatable bonds is 3. The summed E-state index contributed by atoms with van der Waals surface area (Å²) >= 11 is 0. The molecule has 3 N–H and O–H groups in total. The van der Waals surface area contributed by atoms with Gasteiger partial charge in [-0.25, -0.2) is 9.78 Å². The third-order valence-electron chi connectivity index (χ3n) is 4.61. The predicted molar refractivity (Wildman–Crippen MR) is 86.0 cm³/mol. The third-order valence-corrected chi connectivity index (χ3v) is 4.61. The number of nitrogens with zero attached hydrogens (tertiary/aromatic N) is 1. The van der Waals surface area contributed by atoms with E-state index in [0.717, 1.165) is 0 Å². The van der Waals surface area contributed by atoms with Crippen LogP contribution in [0.2, 0.25) is 0 Å². The van der Waals surface area contributed by atoms with Gasteiger partial charge in [0.05, 0.1) is 22.3 Å². The highest BCUT2D eigenvalue weighted by atomic mass is 16.4. The normalized spacial score (nSPS) is 24.2. The Morgan fingerprint density at radius 1 is 1.35 bits per heavy atom. The van der Waals surface area contributed by atoms with E-state index in [2.05, 4.69) is 15.6 Å². The highest BCUT2D eigenvalue weighted by molar-refractivity contribution is 6.02. The van der Waals surface area contributed by atoms with Crippen LogP contribution in [-0.2, 0) is 4.79 Å². The van der Waals surface area contributed by atoms with Gasteiger partial charge in [-0.3, -0.25) is 10.1 Å². The summed E-state index contributed by atoms with van der Waals surface area (Å²) < 4.78 is 0. The van der Waals surface area contributed by atoms with Crippen LogP contribution in [-0.4, -0.2) is 27.5 Å². The summed E-state index contributed by atoms with van der Waals surface area (Å²) in [6.45, 7) is 5.77. The van der Waals surface area contributed by atoms with Gasteiger partial charge in [0.25, 0.3) is 0 Å². The Morgan fingerprint density at radius 2 is 2.04 bits per heavy atom. The number of aromatic carboxylic acids is 1. The van der Waals surface area contributed by atoms with Crippen molar-refractivity contribution in [2.45, 2.75) is 32.5 Å². The number of hydrogen-bond donors (Lipinski definition) is 3. The van der Waals surface area contributed by atoms with E-state index < -0.39 is 17.7 Å². The van der Waals surface area contributed by atoms with E-state index in [9.17, 15) is 14.7 Å². The van der Waals surface area contributed by atoms with Gasteiger partial charge in [-0.2, -0.15) is 0 Å². The molecule has 1 aliphatic rings. The van der Waals surface area contributed by atoms with E-state index in [1.165, 1.54) is 6.07 Å². The fraction of sp³-hybridized carbons (Fsp3) is 0.353. The SMILES string of the molecule is CC(C)C1(C)NC(c2cc(C(=O)O)c3ccccc3n2)NC1=O. The van der Waals surface area contributed by atoms with Crippen molar-refractivity contribution >= 4 is 22.8 Å². The van der Waals surface area contributed by atoms with Crippen molar-refractivity contribution in [1.29, 1.82) is 0 Å². The Hall–Kier alpha value is -2.47. The van der Waals surface area contributed by atoms with E-state index in [1.807, 2.05) is 26.8 Å². The van der Waals surface area contributed by atoms with E-state index >= 15 is 0 Å². The molecule has 120 valence electrons. The van der Waals surface area contributed by atoms with Crippen LogP contribution in [0, 0.1) is 5.92 Å². The number of amides is 1. The van der Waals surface area contributed by atoms with Crippen LogP contribution in [0.5, 0.6) is 0 Å². The van der Waals surface area contributed by atoms with Crippen molar-refractivity contribution in [3.8, 4) is 0 Å². The molecule has 23 heavy (non-hydrogen) atoms. The Bertz CT molecular complexity index is 803. The first kappa shape index (κ1) is 15.4. The highest BCUT2D eigenvalue weighted by Gasteiger charge is 2.45. The van der Waals surface area contributed by atoms with Crippen LogP contribution in [0.25, 0.3) is 10.9 Å². The largest absolute Gasteiger partial charge is 0.478 e. The molecule has 6 heteroatoms. The maximum Gasteiger partial charge on any atom is 0.336 e. The van der Waals surface area contributed by atoms with E-state index in [1.54, 1.807) is 18.2 Å². The molecule has 2 aromatic rings. The van der Waals surface area contributed by atoms with Crippen LogP contribution in [0.15, 0.2) is 30.3 Å². The van der Waals surface area contributed by atoms with Crippen LogP contribution >= 0.6 is 0 Å². The lowest BCUT2D eigenvalue weighted by molar-refractivity contribution is -0.125. The number of pyridine rings is 1. The molecule has 0 aliphatic carbocycles. The minimum atomic E-state index is -1.01. The summed E-state index contributed by atoms with van der Waals surface area (Å²) in [5.74, 6) is -1.03. The monoisotopic (exact) mass is 313 g/mol. The minimum Gasteiger partial charge on any atom is -0.478 e. The second-order valence-electron chi connectivity index (χ2n) is 6.32. The molecule has 6 nitrogen and oxygen atoms in total. The number of benzene rings is 1. The zero-order chi connectivity index (χ0) is 16.8. The molecule has 2 heterocycles. The lowest BCUT2D eigenvalue weighted by atomic mass is 9.89. The first-order valence-corrected chi connectivity index (χ1v) is 7.54. The number of para-hydroxylation sites is 1. The number of carboxylic acid groups (broad SMARTS) is 1. The molecule has 0 spiro atoms. The highest BCUT2D eigenvalue weighted by Crippen LogP contribution is 2.29. The molecule has 1 saturated heterocycles. The zero-order valence-corrected chi connectivity index (χ0v) is 13.3. The second-order valence-corrected chi connectivity index (χ2v) is 6.32. The van der Waals surface area contributed by atoms with Crippen LogP contribution < -0.4 is 10.6 Å². The summed E-state index contributed by atoms with van der Waals surface area (Å²) in [6, 6.07) is 8.61. The van der Waals surface area contributed by atoms with Gasteiger partial charge < -0.3 is 10.4 Å². The Balaban J connectivity index is 2.08. The number of hydrogen-bond acceptors (Lipinski definition) is 4. The lowest BCUT2D eigenvalue weighted by Crippen LogP contribution is -2.48. The molecule has 3 rings (SSSR count). The zero-order valence-electron chi connectivity index (χ0n) is 13.3. The molecule has 0 saturated carbocycles. The quantitative estimate of drug-likeness (QED) is 0.807. The maximum absolute atomic E-state index is 12.3. The van der Waals surface area contributed by atoms with Crippen molar-refractivity contribution in [2.75, 3.05) is 0 Å². The van der Waals surface area contributed by atoms with E-state index in [-0.39, 0.29) is 17.4 Å². The number of nitrogens with one attached hydrogen (secondary N) is 2. The number of fused-ring (bicyclic) bond motifs is 1. The average Bonchev–Trinajstić information content (AvgIpc) is 2.83. The molecule has 0 radical (unpaired) electrons. The molecule has 0 bridgehead atoms. The van der Waals surface area contributed by atoms with Crippen molar-refractivity contribution < 1.29 is 14.7 Å². The molecule has 2 atom stereocenters. The van der Waals surface area contributed by atoms with E-state index in [4.69, 9.17) is 0 Å². The number of aromatic nitrogens is 1. The lowest BCUT2D eigenvalue weighted by Gasteiger charge is -2.26. The van der Waals surface area contributed by atoms with E-state index in [0.29, 0.717) is 16.6 Å². The van der Waals surface area contributed by atoms with Gasteiger partial charge in [0.15, 0.2) is 0 Å². The summed E-state index contributed by atoms with van der Waals surface area (Å²) in [6.07, 6.45) is -0.502. The van der Waals surface area contributed by atoms with Crippen molar-refractivity contribution in [3.05, 3.63) is 41.6 Å². The molecule has 1 aromatic carbocycles. The topological polar surface area (TPSA) is 91.3 Å². The Kier molecular flexibility index (Phi) is 3.56. The van der Waals surface area contributed by atoms with Crippen LogP contribution in [0.1, 0.15) is 43.0 Å². The standard InChI is InChI=1S/C17H19N3O3/c1-9(2)17(3)16(23)19-14(20-17)13-8-11(15(21)22)10-6-4-5-7-12(10)18-13/h4-9,14,20H,1-3H3,(H,19,23)(H,21,22). The van der Waals surface area contributed by atoms with Gasteiger partial charge in [-0.1, -0.05) is 32.0 Å². The molecule has 2 unspecified atom stereocenters. The Morgan fingerprint density at radius 3 is 2.65 bits per heavy atom. The fourth-order valence-electron chi connectivity index (χ4n) is 2.78. The van der Waals surface area contributed by atoms with Crippen LogP contribution in [0.3, 0.4) is 0 Å². The number of carbonyl (C=O) groups is 2. The van der Waals surface area contributed by atoms with Gasteiger partial charge in [-0.15, -0.1) is 0 Å². The summed E-state index contributed by atoms with van der Waals surface area (Å²) in [5.41, 5.74) is 0.566. The van der Waals surface area contributed by atoms with Crippen LogP contribution in [0.4, 0.5) is 0 Å². The summed E-state index contributed by atoms with van der Waals surface area (Å²) in [4.78, 5) is 28.4. The predicted octanol–water partition coefficient (Wildman–Crippen LogP) is 2.07. The summed E-state index contributed by atoms with van der Waals surface area (Å²) in [7, 11) is 0. The third kappa shape index (κ3) is 2.45. The van der Waals surface area contributed by atoms with Crippen molar-refractivity contribution in [3.63, 3.8) is 0 Å². The first-order chi connectivity index (χ1) is 10.8. The smallest absolute Gasteiger partial charge is 0.336 e. The van der Waals surface area contributed by atoms with Crippen molar-refractivity contribution in [2.24, 2.45) is 5.92 Å². The van der Waals surface area contributed by atoms with Gasteiger partial charge in [0.2, 0.25) is 5.91 Å². The van der Waals surface area contributed by atoms with Gasteiger partial charge in [0, 0.05) is 5.39 Å². The van der Waals surface area contributed by atoms with Crippen molar-refractivity contribution in [1.82, 2.24) is 15.6 Å². The Labute approximate surface area is 133 Å². The molecule has 1 amide bonds. The van der Waals surface area contributed by atoms with Gasteiger partial charge in [0.1, 0.15) is 6.17 Å². The molecule has 1 aromatic heterocycles. The first-order valence-electron chi connectivity index (χ1n) is 7.54. The minimum absolute atomic E-state index is 0.0897. The average molecular weight is 313 g/mol. The maximum atomic E-state index is 12.3. The molecular formula is C17H19N3O3. The molecule has 1 aliphatic heterocycles.